The summed E-state index contributed by atoms with van der Waals surface area (Å²) in [6, 6.07) is 15.1. The number of piperazine rings is 1. The number of non-ortho nitro benzene ring substituents is 1. The number of anilines is 1. The van der Waals surface area contributed by atoms with Crippen molar-refractivity contribution in [2.75, 3.05) is 44.2 Å². The quantitative estimate of drug-likeness (QED) is 0.341. The molecule has 0 amide bonds. The number of nitro benzene ring substituents is 1. The Morgan fingerprint density at radius 1 is 1.18 bits per heavy atom. The van der Waals surface area contributed by atoms with E-state index < -0.39 is 10.8 Å². The normalized spacial score (nSPS) is 17.3. The lowest BCUT2D eigenvalue weighted by Crippen LogP contribution is -2.47. The van der Waals surface area contributed by atoms with E-state index >= 15 is 0 Å². The van der Waals surface area contributed by atoms with Gasteiger partial charge in [0.05, 0.1) is 17.4 Å². The first kappa shape index (κ1) is 25.9. The zero-order valence-corrected chi connectivity index (χ0v) is 21.3. The number of benzene rings is 2. The van der Waals surface area contributed by atoms with Gasteiger partial charge in [0.15, 0.2) is 0 Å². The molecule has 12 nitrogen and oxygen atoms in total. The first-order valence-electron chi connectivity index (χ1n) is 12.4. The molecule has 3 heterocycles. The summed E-state index contributed by atoms with van der Waals surface area (Å²) in [5.74, 6) is 1.99. The smallest absolute Gasteiger partial charge is 0.269 e. The number of rotatable bonds is 7. The number of fused-ring (bicyclic) bond motifs is 1. The summed E-state index contributed by atoms with van der Waals surface area (Å²) in [6.07, 6.45) is 0. The number of nitro groups is 1. The average Bonchev–Trinajstić information content (AvgIpc) is 2.92. The maximum absolute atomic E-state index is 11.1. The lowest BCUT2D eigenvalue weighted by Gasteiger charge is -2.35. The van der Waals surface area contributed by atoms with Gasteiger partial charge in [0, 0.05) is 62.6 Å². The van der Waals surface area contributed by atoms with Crippen LogP contribution >= 0.6 is 0 Å². The number of nitrogens with zero attached hydrogens (tertiary/aromatic N) is 6. The number of hydrogen-bond donors (Lipinski definition) is 2. The van der Waals surface area contributed by atoms with Gasteiger partial charge in [-0.15, -0.1) is 0 Å². The molecule has 2 aromatic carbocycles. The predicted octanol–water partition coefficient (Wildman–Crippen LogP) is 2.82. The molecule has 1 unspecified atom stereocenters. The zero-order valence-electron chi connectivity index (χ0n) is 21.3. The minimum atomic E-state index is -0.550. The maximum Gasteiger partial charge on any atom is 0.269 e. The fraction of sp³-hybridized carbons (Fsp3) is 0.296. The Balaban J connectivity index is 1.40. The second-order valence-corrected chi connectivity index (χ2v) is 9.24. The largest absolute Gasteiger partial charge is 0.440 e. The highest BCUT2D eigenvalue weighted by molar-refractivity contribution is 5.58. The third-order valence-corrected chi connectivity index (χ3v) is 6.76. The van der Waals surface area contributed by atoms with E-state index in [1.54, 1.807) is 43.3 Å². The van der Waals surface area contributed by atoms with Crippen molar-refractivity contribution < 1.29 is 19.5 Å². The minimum absolute atomic E-state index is 0.0361. The highest BCUT2D eigenvalue weighted by Crippen LogP contribution is 2.44. The Morgan fingerprint density at radius 3 is 2.59 bits per heavy atom. The van der Waals surface area contributed by atoms with Crippen LogP contribution in [0, 0.1) is 28.4 Å². The summed E-state index contributed by atoms with van der Waals surface area (Å²) < 4.78 is 11.9. The molecule has 1 aromatic heterocycles. The van der Waals surface area contributed by atoms with E-state index in [0.29, 0.717) is 40.9 Å². The van der Waals surface area contributed by atoms with Crippen LogP contribution in [0.1, 0.15) is 22.9 Å². The Bertz CT molecular complexity index is 1460. The van der Waals surface area contributed by atoms with Gasteiger partial charge in [0.1, 0.15) is 34.8 Å². The third kappa shape index (κ3) is 5.45. The molecule has 2 aliphatic rings. The van der Waals surface area contributed by atoms with Crippen molar-refractivity contribution in [2.45, 2.75) is 12.8 Å². The third-order valence-electron chi connectivity index (χ3n) is 6.76. The molecule has 1 atom stereocenters. The van der Waals surface area contributed by atoms with Gasteiger partial charge in [-0.05, 0) is 18.6 Å². The number of nitrogens with two attached hydrogens (primary N) is 1. The van der Waals surface area contributed by atoms with Crippen molar-refractivity contribution in [1.29, 1.82) is 5.26 Å². The van der Waals surface area contributed by atoms with Crippen molar-refractivity contribution in [1.82, 2.24) is 14.9 Å². The second kappa shape index (κ2) is 10.9. The molecular weight excluding hydrogens is 502 g/mol. The summed E-state index contributed by atoms with van der Waals surface area (Å²) in [4.78, 5) is 24.0. The maximum atomic E-state index is 11.1. The van der Waals surface area contributed by atoms with Crippen molar-refractivity contribution >= 4 is 11.5 Å². The molecule has 12 heteroatoms. The van der Waals surface area contributed by atoms with Gasteiger partial charge in [0.2, 0.25) is 11.8 Å². The van der Waals surface area contributed by atoms with E-state index in [9.17, 15) is 20.5 Å². The standard InChI is InChI=1S/C27H27N7O5/c1-17-30-24(33-10-8-32(9-11-33)12-13-35)15-25(31-17)38-20-6-7-21-23(14-20)39-27(29)22(16-28)26(21)18-2-4-19(5-3-18)34(36)37/h2-7,14-15,26,35H,8-13,29H2,1H3. The molecule has 1 fully saturated rings. The summed E-state index contributed by atoms with van der Waals surface area (Å²) in [6.45, 7) is 5.82. The fourth-order valence-electron chi connectivity index (χ4n) is 4.83. The molecule has 0 bridgehead atoms. The summed E-state index contributed by atoms with van der Waals surface area (Å²) in [7, 11) is 0. The fourth-order valence-corrected chi connectivity index (χ4v) is 4.83. The van der Waals surface area contributed by atoms with Gasteiger partial charge in [-0.3, -0.25) is 15.0 Å². The molecule has 39 heavy (non-hydrogen) atoms. The highest BCUT2D eigenvalue weighted by atomic mass is 16.6. The lowest BCUT2D eigenvalue weighted by molar-refractivity contribution is -0.384. The molecule has 0 aliphatic carbocycles. The summed E-state index contributed by atoms with van der Waals surface area (Å²) in [5.41, 5.74) is 7.64. The van der Waals surface area contributed by atoms with E-state index in [4.69, 9.17) is 15.2 Å². The Kier molecular flexibility index (Phi) is 7.27. The van der Waals surface area contributed by atoms with Gasteiger partial charge in [-0.2, -0.15) is 10.2 Å². The zero-order chi connectivity index (χ0) is 27.5. The van der Waals surface area contributed by atoms with Crippen LogP contribution in [0.4, 0.5) is 11.5 Å². The number of ether oxygens (including phenoxy) is 2. The molecule has 3 N–H and O–H groups in total. The Labute approximate surface area is 224 Å². The van der Waals surface area contributed by atoms with Crippen molar-refractivity contribution in [3.8, 4) is 23.4 Å². The average molecular weight is 530 g/mol. The van der Waals surface area contributed by atoms with Crippen molar-refractivity contribution in [2.24, 2.45) is 5.73 Å². The van der Waals surface area contributed by atoms with Gasteiger partial charge in [-0.1, -0.05) is 18.2 Å². The topological polar surface area (TPSA) is 164 Å². The molecule has 0 spiro atoms. The highest BCUT2D eigenvalue weighted by Gasteiger charge is 2.31. The monoisotopic (exact) mass is 529 g/mol. The van der Waals surface area contributed by atoms with E-state index in [1.807, 2.05) is 0 Å². The lowest BCUT2D eigenvalue weighted by atomic mass is 9.83. The Morgan fingerprint density at radius 2 is 1.92 bits per heavy atom. The summed E-state index contributed by atoms with van der Waals surface area (Å²) in [5, 5.41) is 30.0. The molecule has 1 saturated heterocycles. The first-order valence-corrected chi connectivity index (χ1v) is 12.4. The summed E-state index contributed by atoms with van der Waals surface area (Å²) >= 11 is 0. The molecule has 5 rings (SSSR count). The molecule has 0 saturated carbocycles. The number of nitriles is 1. The van der Waals surface area contributed by atoms with Crippen LogP contribution in [0.25, 0.3) is 0 Å². The second-order valence-electron chi connectivity index (χ2n) is 9.24. The SMILES string of the molecule is Cc1nc(Oc2ccc3c(c2)OC(N)=C(C#N)C3c2ccc([N+](=O)[O-])cc2)cc(N2CCN(CCO)CC2)n1. The van der Waals surface area contributed by atoms with Crippen LogP contribution in [-0.2, 0) is 0 Å². The number of hydrogen-bond acceptors (Lipinski definition) is 11. The van der Waals surface area contributed by atoms with Crippen molar-refractivity contribution in [3.05, 3.63) is 87.1 Å². The molecular formula is C27H27N7O5. The van der Waals surface area contributed by atoms with E-state index in [1.165, 1.54) is 12.1 Å². The van der Waals surface area contributed by atoms with Crippen molar-refractivity contribution in [3.63, 3.8) is 0 Å². The first-order chi connectivity index (χ1) is 18.9. The molecule has 2 aliphatic heterocycles. The van der Waals surface area contributed by atoms with Gasteiger partial charge < -0.3 is 25.2 Å². The number of aliphatic hydroxyl groups is 1. The number of aryl methyl sites for hydroxylation is 1. The number of aliphatic hydroxyl groups excluding tert-OH is 1. The van der Waals surface area contributed by atoms with Gasteiger partial charge in [-0.25, -0.2) is 4.98 Å². The molecule has 200 valence electrons. The minimum Gasteiger partial charge on any atom is -0.440 e. The van der Waals surface area contributed by atoms with Crippen LogP contribution in [-0.4, -0.2) is 64.2 Å². The van der Waals surface area contributed by atoms with Crippen LogP contribution in [0.3, 0.4) is 0 Å². The predicted molar refractivity (Wildman–Crippen MR) is 141 cm³/mol. The van der Waals surface area contributed by atoms with Crippen LogP contribution in [0.5, 0.6) is 17.4 Å². The Hall–Kier alpha value is -4.73. The number of allylic oxidation sites excluding steroid dienone is 1. The number of aromatic nitrogens is 2. The van der Waals surface area contributed by atoms with Gasteiger partial charge in [0.25, 0.3) is 5.69 Å². The van der Waals surface area contributed by atoms with Crippen LogP contribution in [0.15, 0.2) is 60.0 Å². The van der Waals surface area contributed by atoms with Crippen LogP contribution < -0.4 is 20.1 Å². The van der Waals surface area contributed by atoms with Crippen LogP contribution in [0.2, 0.25) is 0 Å². The van der Waals surface area contributed by atoms with E-state index in [-0.39, 0.29) is 23.8 Å². The molecule has 3 aromatic rings. The van der Waals surface area contributed by atoms with E-state index in [0.717, 1.165) is 32.0 Å². The van der Waals surface area contributed by atoms with E-state index in [2.05, 4.69) is 25.8 Å². The van der Waals surface area contributed by atoms with Gasteiger partial charge >= 0.3 is 0 Å². The molecule has 0 radical (unpaired) electrons. The number of β-amino-alcohol motifs (C(OH)–C–C–N with tert-alkyl or cyclic N) is 1.